The van der Waals surface area contributed by atoms with Crippen LogP contribution in [0.3, 0.4) is 0 Å². The van der Waals surface area contributed by atoms with Crippen LogP contribution in [0.25, 0.3) is 0 Å². The smallest absolute Gasteiger partial charge is 0.162 e. The minimum Gasteiger partial charge on any atom is -0.380 e. The molecule has 0 aromatic heterocycles. The standard InChI is InChI=1S/C14H15O2/c15-13(9-3-1-2-4-9)12-10-5-6-14(10)8-16-7-11(12)14/h3,5-6,10,12H,1-2,4,7-8H2/t10-,12?,14?/m1/s1. The number of Topliss-reactive ketones (excluding diaryl/α,β-unsaturated/α-hetero) is 1. The average Bonchev–Trinajstić information content (AvgIpc) is 2.91. The number of hydrogen-bond acceptors (Lipinski definition) is 2. The van der Waals surface area contributed by atoms with E-state index in [0.717, 1.165) is 31.4 Å². The van der Waals surface area contributed by atoms with Crippen LogP contribution in [0.1, 0.15) is 19.3 Å². The molecule has 1 saturated carbocycles. The molecule has 2 unspecified atom stereocenters. The van der Waals surface area contributed by atoms with Crippen LogP contribution in [0, 0.1) is 23.2 Å². The quantitative estimate of drug-likeness (QED) is 0.659. The van der Waals surface area contributed by atoms with Gasteiger partial charge in [-0.05, 0) is 30.8 Å². The molecule has 3 aliphatic carbocycles. The zero-order valence-corrected chi connectivity index (χ0v) is 9.24. The Bertz CT molecular complexity index is 420. The minimum atomic E-state index is 0.164. The highest BCUT2D eigenvalue weighted by Crippen LogP contribution is 2.67. The summed E-state index contributed by atoms with van der Waals surface area (Å²) in [5.41, 5.74) is 1.28. The van der Waals surface area contributed by atoms with Crippen molar-refractivity contribution in [2.45, 2.75) is 19.3 Å². The van der Waals surface area contributed by atoms with Gasteiger partial charge in [0, 0.05) is 17.3 Å². The molecule has 0 aromatic carbocycles. The molecule has 1 saturated heterocycles. The zero-order valence-electron chi connectivity index (χ0n) is 9.24. The zero-order chi connectivity index (χ0) is 10.8. The molecule has 1 aliphatic heterocycles. The summed E-state index contributed by atoms with van der Waals surface area (Å²) < 4.78 is 5.54. The number of allylic oxidation sites excluding steroid dienone is 3. The van der Waals surface area contributed by atoms with E-state index in [9.17, 15) is 4.79 Å². The molecule has 0 N–H and O–H groups in total. The third-order valence-electron chi connectivity index (χ3n) is 4.77. The van der Waals surface area contributed by atoms with E-state index in [4.69, 9.17) is 4.74 Å². The Morgan fingerprint density at radius 2 is 2.44 bits per heavy atom. The van der Waals surface area contributed by atoms with Gasteiger partial charge in [-0.25, -0.2) is 0 Å². The average molecular weight is 215 g/mol. The fourth-order valence-electron chi connectivity index (χ4n) is 3.79. The number of carbonyl (C=O) groups excluding carboxylic acids is 1. The Morgan fingerprint density at radius 1 is 1.50 bits per heavy atom. The second-order valence-corrected chi connectivity index (χ2v) is 5.41. The van der Waals surface area contributed by atoms with E-state index in [0.29, 0.717) is 18.3 Å². The van der Waals surface area contributed by atoms with Gasteiger partial charge in [0.2, 0.25) is 0 Å². The fourth-order valence-corrected chi connectivity index (χ4v) is 3.79. The van der Waals surface area contributed by atoms with Gasteiger partial charge in [0.1, 0.15) is 0 Å². The molecule has 3 atom stereocenters. The predicted octanol–water partition coefficient (Wildman–Crippen LogP) is 2.07. The largest absolute Gasteiger partial charge is 0.380 e. The summed E-state index contributed by atoms with van der Waals surface area (Å²) in [6, 6.07) is 0. The minimum absolute atomic E-state index is 0.164. The molecule has 1 heterocycles. The normalized spacial score (nSPS) is 44.4. The summed E-state index contributed by atoms with van der Waals surface area (Å²) in [4.78, 5) is 12.4. The lowest BCUT2D eigenvalue weighted by Crippen LogP contribution is -2.60. The van der Waals surface area contributed by atoms with Crippen molar-refractivity contribution in [1.82, 2.24) is 0 Å². The van der Waals surface area contributed by atoms with Crippen LogP contribution in [-0.2, 0) is 9.53 Å². The van der Waals surface area contributed by atoms with Gasteiger partial charge in [-0.2, -0.15) is 0 Å². The third kappa shape index (κ3) is 0.866. The van der Waals surface area contributed by atoms with Crippen molar-refractivity contribution in [2.24, 2.45) is 17.3 Å². The van der Waals surface area contributed by atoms with E-state index in [1.165, 1.54) is 5.92 Å². The van der Waals surface area contributed by atoms with Crippen LogP contribution in [0.4, 0.5) is 0 Å². The monoisotopic (exact) mass is 215 g/mol. The summed E-state index contributed by atoms with van der Waals surface area (Å²) in [6.45, 7) is 1.52. The first kappa shape index (κ1) is 9.17. The van der Waals surface area contributed by atoms with Crippen LogP contribution in [0.5, 0.6) is 0 Å². The van der Waals surface area contributed by atoms with Crippen LogP contribution < -0.4 is 0 Å². The molecule has 0 aromatic rings. The summed E-state index contributed by atoms with van der Waals surface area (Å²) in [5.74, 6) is 2.37. The maximum Gasteiger partial charge on any atom is 0.162 e. The Balaban J connectivity index is 1.62. The molecular formula is C14H15O2. The molecule has 4 aliphatic rings. The second kappa shape index (κ2) is 2.86. The topological polar surface area (TPSA) is 26.3 Å². The van der Waals surface area contributed by atoms with Crippen molar-refractivity contribution in [2.75, 3.05) is 13.2 Å². The first-order chi connectivity index (χ1) is 7.83. The molecule has 0 bridgehead atoms. The Hall–Kier alpha value is -0.890. The van der Waals surface area contributed by atoms with Gasteiger partial charge in [0.05, 0.1) is 13.2 Å². The van der Waals surface area contributed by atoms with E-state index >= 15 is 0 Å². The fraction of sp³-hybridized carbons (Fsp3) is 0.571. The Morgan fingerprint density at radius 3 is 3.12 bits per heavy atom. The molecule has 2 nitrogen and oxygen atoms in total. The Kier molecular flexibility index (Phi) is 1.64. The van der Waals surface area contributed by atoms with E-state index in [2.05, 4.69) is 18.2 Å². The van der Waals surface area contributed by atoms with Gasteiger partial charge in [-0.15, -0.1) is 0 Å². The molecule has 16 heavy (non-hydrogen) atoms. The van der Waals surface area contributed by atoms with Crippen molar-refractivity contribution >= 4 is 5.78 Å². The van der Waals surface area contributed by atoms with Crippen LogP contribution in [0.15, 0.2) is 23.8 Å². The predicted molar refractivity (Wildman–Crippen MR) is 59.6 cm³/mol. The maximum absolute atomic E-state index is 12.4. The summed E-state index contributed by atoms with van der Waals surface area (Å²) >= 11 is 0. The highest BCUT2D eigenvalue weighted by atomic mass is 16.5. The molecule has 2 heteroatoms. The highest BCUT2D eigenvalue weighted by Gasteiger charge is 2.68. The number of carbonyl (C=O) groups is 1. The molecule has 1 radical (unpaired) electrons. The number of rotatable bonds is 2. The SMILES string of the molecule is O=C(C1=CCCC1)C1[C]2COCC23C=C[C@H]13. The lowest BCUT2D eigenvalue weighted by molar-refractivity contribution is -0.125. The summed E-state index contributed by atoms with van der Waals surface area (Å²) in [5, 5.41) is 0. The Labute approximate surface area is 95.4 Å². The van der Waals surface area contributed by atoms with Crippen LogP contribution in [-0.4, -0.2) is 19.0 Å². The van der Waals surface area contributed by atoms with Crippen LogP contribution in [0.2, 0.25) is 0 Å². The van der Waals surface area contributed by atoms with E-state index < -0.39 is 0 Å². The lowest BCUT2D eigenvalue weighted by Gasteiger charge is -2.59. The van der Waals surface area contributed by atoms with Crippen LogP contribution >= 0.6 is 0 Å². The number of ketones is 1. The van der Waals surface area contributed by atoms with Gasteiger partial charge in [-0.3, -0.25) is 4.79 Å². The van der Waals surface area contributed by atoms with Gasteiger partial charge in [0.15, 0.2) is 5.78 Å². The number of ether oxygens (including phenoxy) is 1. The van der Waals surface area contributed by atoms with E-state index in [1.54, 1.807) is 0 Å². The van der Waals surface area contributed by atoms with Crippen molar-refractivity contribution < 1.29 is 9.53 Å². The molecule has 2 fully saturated rings. The van der Waals surface area contributed by atoms with Crippen molar-refractivity contribution in [3.8, 4) is 0 Å². The van der Waals surface area contributed by atoms with Gasteiger partial charge in [-0.1, -0.05) is 18.2 Å². The first-order valence-corrected chi connectivity index (χ1v) is 6.19. The van der Waals surface area contributed by atoms with E-state index in [-0.39, 0.29) is 11.3 Å². The third-order valence-corrected chi connectivity index (χ3v) is 4.77. The van der Waals surface area contributed by atoms with Gasteiger partial charge in [0.25, 0.3) is 0 Å². The highest BCUT2D eigenvalue weighted by molar-refractivity contribution is 6.01. The molecule has 1 spiro atoms. The van der Waals surface area contributed by atoms with Gasteiger partial charge < -0.3 is 4.74 Å². The molecule has 83 valence electrons. The van der Waals surface area contributed by atoms with E-state index in [1.807, 2.05) is 0 Å². The molecule has 4 rings (SSSR count). The van der Waals surface area contributed by atoms with Gasteiger partial charge >= 0.3 is 0 Å². The van der Waals surface area contributed by atoms with Crippen molar-refractivity contribution in [3.63, 3.8) is 0 Å². The second-order valence-electron chi connectivity index (χ2n) is 5.41. The first-order valence-electron chi connectivity index (χ1n) is 6.19. The maximum atomic E-state index is 12.4. The summed E-state index contributed by atoms with van der Waals surface area (Å²) in [7, 11) is 0. The molecule has 0 amide bonds. The van der Waals surface area contributed by atoms with Crippen molar-refractivity contribution in [1.29, 1.82) is 0 Å². The number of hydrogen-bond donors (Lipinski definition) is 0. The van der Waals surface area contributed by atoms with Crippen molar-refractivity contribution in [3.05, 3.63) is 29.7 Å². The lowest BCUT2D eigenvalue weighted by atomic mass is 9.41. The molecular weight excluding hydrogens is 200 g/mol. The summed E-state index contributed by atoms with van der Waals surface area (Å²) in [6.07, 6.45) is 9.83.